The fraction of sp³-hybridized carbons (Fsp3) is 0.615. The number of nitro groups is 1. The quantitative estimate of drug-likeness (QED) is 0.514. The highest BCUT2D eigenvalue weighted by Gasteiger charge is 2.18. The van der Waals surface area contributed by atoms with E-state index in [2.05, 4.69) is 22.2 Å². The lowest BCUT2D eigenvalue weighted by Crippen LogP contribution is -2.30. The highest BCUT2D eigenvalue weighted by molar-refractivity contribution is 6.29. The molecule has 2 heterocycles. The topological polar surface area (TPSA) is 71.3 Å². The summed E-state index contributed by atoms with van der Waals surface area (Å²) in [6.07, 6.45) is 3.37. The average Bonchev–Trinajstić information content (AvgIpc) is 2.41. The third-order valence-electron chi connectivity index (χ3n) is 3.72. The van der Waals surface area contributed by atoms with Crippen LogP contribution in [0.15, 0.2) is 12.1 Å². The predicted molar refractivity (Wildman–Crippen MR) is 79.2 cm³/mol. The number of aromatic nitrogens is 1. The third kappa shape index (κ3) is 4.05. The maximum absolute atomic E-state index is 10.9. The first kappa shape index (κ1) is 15.0. The Morgan fingerprint density at radius 3 is 2.85 bits per heavy atom. The van der Waals surface area contributed by atoms with E-state index >= 15 is 0 Å². The molecule has 0 radical (unpaired) electrons. The number of hydrogen-bond donors (Lipinski definition) is 1. The van der Waals surface area contributed by atoms with Gasteiger partial charge in [0.05, 0.1) is 4.92 Å². The maximum atomic E-state index is 10.9. The molecule has 0 saturated carbocycles. The molecule has 0 unspecified atom stereocenters. The summed E-state index contributed by atoms with van der Waals surface area (Å²) in [5.41, 5.74) is -0.0298. The normalized spacial score (nSPS) is 17.1. The van der Waals surface area contributed by atoms with E-state index in [-0.39, 0.29) is 16.7 Å². The number of halogens is 1. The molecule has 1 aliphatic heterocycles. The van der Waals surface area contributed by atoms with E-state index in [9.17, 15) is 10.1 Å². The highest BCUT2D eigenvalue weighted by atomic mass is 35.5. The van der Waals surface area contributed by atoms with Crippen LogP contribution in [0.3, 0.4) is 0 Å². The molecule has 1 N–H and O–H groups in total. The zero-order valence-corrected chi connectivity index (χ0v) is 12.3. The first-order valence-corrected chi connectivity index (χ1v) is 7.17. The molecule has 1 aromatic rings. The fourth-order valence-electron chi connectivity index (χ4n) is 2.45. The van der Waals surface area contributed by atoms with Gasteiger partial charge >= 0.3 is 5.69 Å². The van der Waals surface area contributed by atoms with E-state index in [1.807, 2.05) is 0 Å². The molecular weight excluding hydrogens is 280 g/mol. The molecule has 0 aliphatic carbocycles. The van der Waals surface area contributed by atoms with Crippen LogP contribution in [0.2, 0.25) is 5.15 Å². The molecule has 7 heteroatoms. The van der Waals surface area contributed by atoms with Crippen molar-refractivity contribution in [1.29, 1.82) is 0 Å². The number of nitrogens with one attached hydrogen (secondary N) is 1. The number of pyridine rings is 1. The Bertz CT molecular complexity index is 475. The molecule has 0 aromatic carbocycles. The molecule has 1 aromatic heterocycles. The zero-order valence-electron chi connectivity index (χ0n) is 11.5. The number of rotatable bonds is 5. The van der Waals surface area contributed by atoms with E-state index < -0.39 is 4.92 Å². The highest BCUT2D eigenvalue weighted by Crippen LogP contribution is 2.25. The van der Waals surface area contributed by atoms with Crippen LogP contribution in [0.25, 0.3) is 0 Å². The molecule has 110 valence electrons. The molecule has 1 fully saturated rings. The van der Waals surface area contributed by atoms with Crippen LogP contribution in [0.1, 0.15) is 19.3 Å². The molecule has 0 amide bonds. The molecule has 6 nitrogen and oxygen atoms in total. The second-order valence-electron chi connectivity index (χ2n) is 5.22. The predicted octanol–water partition coefficient (Wildman–Crippen LogP) is 2.79. The Morgan fingerprint density at radius 1 is 1.50 bits per heavy atom. The van der Waals surface area contributed by atoms with Gasteiger partial charge in [-0.05, 0) is 51.4 Å². The van der Waals surface area contributed by atoms with Crippen molar-refractivity contribution in [3.05, 3.63) is 27.4 Å². The van der Waals surface area contributed by atoms with Gasteiger partial charge in [0.15, 0.2) is 0 Å². The minimum Gasteiger partial charge on any atom is -0.364 e. The molecule has 0 spiro atoms. The molecule has 20 heavy (non-hydrogen) atoms. The van der Waals surface area contributed by atoms with Crippen molar-refractivity contribution in [2.45, 2.75) is 19.3 Å². The summed E-state index contributed by atoms with van der Waals surface area (Å²) >= 11 is 5.79. The summed E-state index contributed by atoms with van der Waals surface area (Å²) < 4.78 is 0. The second kappa shape index (κ2) is 6.85. The van der Waals surface area contributed by atoms with E-state index in [0.29, 0.717) is 12.5 Å². The third-order valence-corrected chi connectivity index (χ3v) is 3.93. The van der Waals surface area contributed by atoms with Crippen LogP contribution >= 0.6 is 11.6 Å². The van der Waals surface area contributed by atoms with Crippen molar-refractivity contribution >= 4 is 23.1 Å². The molecular formula is C13H19ClN4O2. The molecule has 1 aliphatic rings. The summed E-state index contributed by atoms with van der Waals surface area (Å²) in [5, 5.41) is 14.2. The average molecular weight is 299 g/mol. The summed E-state index contributed by atoms with van der Waals surface area (Å²) in [4.78, 5) is 16.8. The van der Waals surface area contributed by atoms with Crippen LogP contribution in [0.5, 0.6) is 0 Å². The van der Waals surface area contributed by atoms with Gasteiger partial charge in [-0.15, -0.1) is 0 Å². The van der Waals surface area contributed by atoms with Crippen LogP contribution in [0.4, 0.5) is 11.5 Å². The van der Waals surface area contributed by atoms with Crippen molar-refractivity contribution in [2.24, 2.45) is 5.92 Å². The fourth-order valence-corrected chi connectivity index (χ4v) is 2.60. The van der Waals surface area contributed by atoms with Gasteiger partial charge in [-0.25, -0.2) is 4.98 Å². The van der Waals surface area contributed by atoms with Gasteiger partial charge in [-0.1, -0.05) is 11.6 Å². The number of nitrogens with zero attached hydrogens (tertiary/aromatic N) is 3. The Labute approximate surface area is 123 Å². The smallest absolute Gasteiger partial charge is 0.311 e. The minimum atomic E-state index is -0.443. The van der Waals surface area contributed by atoms with Crippen LogP contribution in [0, 0.1) is 16.0 Å². The zero-order chi connectivity index (χ0) is 14.5. The summed E-state index contributed by atoms with van der Waals surface area (Å²) in [5.74, 6) is 0.937. The second-order valence-corrected chi connectivity index (χ2v) is 5.61. The van der Waals surface area contributed by atoms with Gasteiger partial charge in [0, 0.05) is 12.6 Å². The summed E-state index contributed by atoms with van der Waals surface area (Å²) in [6.45, 7) is 2.93. The van der Waals surface area contributed by atoms with Gasteiger partial charge in [0.1, 0.15) is 5.15 Å². The largest absolute Gasteiger partial charge is 0.364 e. The van der Waals surface area contributed by atoms with Crippen molar-refractivity contribution in [1.82, 2.24) is 9.88 Å². The number of hydrogen-bond acceptors (Lipinski definition) is 5. The summed E-state index contributed by atoms with van der Waals surface area (Å²) in [7, 11) is 2.13. The van der Waals surface area contributed by atoms with Crippen LogP contribution in [-0.4, -0.2) is 41.5 Å². The minimum absolute atomic E-state index is 0.0298. The molecule has 2 rings (SSSR count). The Kier molecular flexibility index (Phi) is 5.14. The van der Waals surface area contributed by atoms with Gasteiger partial charge in [-0.3, -0.25) is 10.1 Å². The lowest BCUT2D eigenvalue weighted by atomic mass is 9.94. The molecule has 0 bridgehead atoms. The number of anilines is 1. The Balaban J connectivity index is 1.87. The van der Waals surface area contributed by atoms with E-state index in [4.69, 9.17) is 11.6 Å². The van der Waals surface area contributed by atoms with Gasteiger partial charge < -0.3 is 10.2 Å². The van der Waals surface area contributed by atoms with Crippen molar-refractivity contribution in [2.75, 3.05) is 32.0 Å². The Hall–Kier alpha value is -1.40. The van der Waals surface area contributed by atoms with Crippen LogP contribution in [-0.2, 0) is 0 Å². The van der Waals surface area contributed by atoms with Crippen LogP contribution < -0.4 is 5.32 Å². The van der Waals surface area contributed by atoms with Crippen molar-refractivity contribution in [3.8, 4) is 0 Å². The first-order valence-electron chi connectivity index (χ1n) is 6.79. The first-order chi connectivity index (χ1) is 9.56. The van der Waals surface area contributed by atoms with Crippen molar-refractivity contribution in [3.63, 3.8) is 0 Å². The molecule has 1 saturated heterocycles. The monoisotopic (exact) mass is 298 g/mol. The van der Waals surface area contributed by atoms with Crippen molar-refractivity contribution < 1.29 is 4.92 Å². The maximum Gasteiger partial charge on any atom is 0.311 e. The lowest BCUT2D eigenvalue weighted by Gasteiger charge is -2.28. The van der Waals surface area contributed by atoms with Gasteiger partial charge in [0.2, 0.25) is 5.82 Å². The number of likely N-dealkylation sites (tertiary alicyclic amines) is 1. The van der Waals surface area contributed by atoms with Gasteiger partial charge in [0.25, 0.3) is 0 Å². The van der Waals surface area contributed by atoms with E-state index in [1.54, 1.807) is 0 Å². The van der Waals surface area contributed by atoms with E-state index in [1.165, 1.54) is 25.0 Å². The number of piperidine rings is 1. The SMILES string of the molecule is CN1CCC(CCNc2nc(Cl)ccc2[N+](=O)[O-])CC1. The van der Waals surface area contributed by atoms with Gasteiger partial charge in [-0.2, -0.15) is 0 Å². The summed E-state index contributed by atoms with van der Waals surface area (Å²) in [6, 6.07) is 2.81. The lowest BCUT2D eigenvalue weighted by molar-refractivity contribution is -0.384. The molecule has 0 atom stereocenters. The standard InChI is InChI=1S/C13H19ClN4O2/c1-17-8-5-10(6-9-17)4-7-15-13-11(18(19)20)2-3-12(14)16-13/h2-3,10H,4-9H2,1H3,(H,15,16). The Morgan fingerprint density at radius 2 is 2.20 bits per heavy atom. The van der Waals surface area contributed by atoms with E-state index in [0.717, 1.165) is 19.5 Å².